The Bertz CT molecular complexity index is 1520. The molecule has 1 aliphatic carbocycles. The third-order valence-electron chi connectivity index (χ3n) is 6.58. The molecule has 5 rings (SSSR count). The van der Waals surface area contributed by atoms with Gasteiger partial charge in [-0.1, -0.05) is 25.3 Å². The van der Waals surface area contributed by atoms with Crippen molar-refractivity contribution in [2.24, 2.45) is 0 Å². The van der Waals surface area contributed by atoms with Crippen LogP contribution >= 0.6 is 11.7 Å². The second-order valence-electron chi connectivity index (χ2n) is 8.76. The van der Waals surface area contributed by atoms with Gasteiger partial charge in [0.2, 0.25) is 10.0 Å². The molecule has 2 heterocycles. The minimum atomic E-state index is -3.95. The molecule has 4 aromatic rings. The predicted octanol–water partition coefficient (Wildman–Crippen LogP) is 4.37. The Morgan fingerprint density at radius 2 is 1.91 bits per heavy atom. The van der Waals surface area contributed by atoms with Gasteiger partial charge < -0.3 is 9.72 Å². The summed E-state index contributed by atoms with van der Waals surface area (Å²) in [5, 5.41) is 0.789. The minimum Gasteiger partial charge on any atom is -0.497 e. The molecular formula is C24H26N4O4S2. The van der Waals surface area contributed by atoms with E-state index in [2.05, 4.69) is 13.7 Å². The lowest BCUT2D eigenvalue weighted by Gasteiger charge is -2.33. The standard InChI is InChI=1S/C24H26N4O4S2/c1-15-8-10-21-22(27-33-26-21)23(15)34(30,31)28(18-6-4-3-5-7-18)14-17-12-16-13-19(32-2)9-11-20(16)25-24(17)29/h8-13,18H,3-7,14H2,1-2H3,(H,25,29). The number of nitrogens with zero attached hydrogens (tertiary/aromatic N) is 3. The van der Waals surface area contributed by atoms with E-state index in [0.717, 1.165) is 49.2 Å². The number of sulfonamides is 1. The number of hydrogen-bond acceptors (Lipinski definition) is 7. The van der Waals surface area contributed by atoms with Crippen molar-refractivity contribution >= 4 is 43.7 Å². The first-order chi connectivity index (χ1) is 16.4. The van der Waals surface area contributed by atoms with Crippen LogP contribution in [0.5, 0.6) is 5.75 Å². The molecule has 1 N–H and O–H groups in total. The van der Waals surface area contributed by atoms with Crippen LogP contribution in [0.2, 0.25) is 0 Å². The Kier molecular flexibility index (Phi) is 6.13. The first-order valence-electron chi connectivity index (χ1n) is 11.3. The van der Waals surface area contributed by atoms with Crippen molar-refractivity contribution in [1.29, 1.82) is 0 Å². The van der Waals surface area contributed by atoms with E-state index in [1.54, 1.807) is 44.4 Å². The molecule has 2 aromatic heterocycles. The third-order valence-corrected chi connectivity index (χ3v) is 9.20. The number of ether oxygens (including phenoxy) is 1. The molecule has 2 aromatic carbocycles. The Balaban J connectivity index is 1.64. The van der Waals surface area contributed by atoms with Gasteiger partial charge in [0.1, 0.15) is 21.7 Å². The van der Waals surface area contributed by atoms with Gasteiger partial charge in [-0.05, 0) is 55.7 Å². The number of fused-ring (bicyclic) bond motifs is 2. The van der Waals surface area contributed by atoms with Crippen molar-refractivity contribution in [1.82, 2.24) is 18.0 Å². The molecule has 0 bridgehead atoms. The van der Waals surface area contributed by atoms with Crippen molar-refractivity contribution < 1.29 is 13.2 Å². The van der Waals surface area contributed by atoms with Crippen LogP contribution in [-0.4, -0.2) is 39.6 Å². The summed E-state index contributed by atoms with van der Waals surface area (Å²) in [6.07, 6.45) is 4.55. The fourth-order valence-corrected chi connectivity index (χ4v) is 7.41. The maximum atomic E-state index is 14.2. The summed E-state index contributed by atoms with van der Waals surface area (Å²) in [6, 6.07) is 10.5. The van der Waals surface area contributed by atoms with E-state index in [9.17, 15) is 13.2 Å². The summed E-state index contributed by atoms with van der Waals surface area (Å²) in [5.74, 6) is 0.667. The number of methoxy groups -OCH3 is 1. The molecular weight excluding hydrogens is 472 g/mol. The van der Waals surface area contributed by atoms with Crippen LogP contribution in [0.3, 0.4) is 0 Å². The van der Waals surface area contributed by atoms with Crippen LogP contribution in [0.4, 0.5) is 0 Å². The van der Waals surface area contributed by atoms with Crippen molar-refractivity contribution in [3.63, 3.8) is 0 Å². The van der Waals surface area contributed by atoms with Gasteiger partial charge in [-0.2, -0.15) is 13.1 Å². The molecule has 0 unspecified atom stereocenters. The van der Waals surface area contributed by atoms with Gasteiger partial charge in [-0.15, -0.1) is 0 Å². The highest BCUT2D eigenvalue weighted by Gasteiger charge is 2.36. The monoisotopic (exact) mass is 498 g/mol. The highest BCUT2D eigenvalue weighted by Crippen LogP contribution is 2.33. The number of rotatable bonds is 6. The van der Waals surface area contributed by atoms with E-state index < -0.39 is 10.0 Å². The number of aromatic nitrogens is 3. The molecule has 1 aliphatic rings. The first-order valence-corrected chi connectivity index (χ1v) is 13.5. The largest absolute Gasteiger partial charge is 0.497 e. The molecule has 0 aliphatic heterocycles. The fourth-order valence-electron chi connectivity index (χ4n) is 4.79. The smallest absolute Gasteiger partial charge is 0.252 e. The molecule has 0 spiro atoms. The maximum absolute atomic E-state index is 14.2. The van der Waals surface area contributed by atoms with E-state index >= 15 is 0 Å². The summed E-state index contributed by atoms with van der Waals surface area (Å²) in [6.45, 7) is 1.77. The average Bonchev–Trinajstić information content (AvgIpc) is 3.31. The number of nitrogens with one attached hydrogen (secondary N) is 1. The zero-order valence-electron chi connectivity index (χ0n) is 19.1. The predicted molar refractivity (Wildman–Crippen MR) is 133 cm³/mol. The second kappa shape index (κ2) is 9.09. The summed E-state index contributed by atoms with van der Waals surface area (Å²) < 4.78 is 43.7. The number of H-pyrrole nitrogens is 1. The van der Waals surface area contributed by atoms with Crippen LogP contribution in [0.25, 0.3) is 21.9 Å². The number of benzene rings is 2. The van der Waals surface area contributed by atoms with Gasteiger partial charge >= 0.3 is 0 Å². The van der Waals surface area contributed by atoms with Crippen molar-refractivity contribution in [2.75, 3.05) is 7.11 Å². The zero-order valence-corrected chi connectivity index (χ0v) is 20.7. The summed E-state index contributed by atoms with van der Waals surface area (Å²) in [7, 11) is -2.36. The molecule has 0 amide bonds. The number of aromatic amines is 1. The van der Waals surface area contributed by atoms with Gasteiger partial charge in [0.15, 0.2) is 0 Å². The Morgan fingerprint density at radius 1 is 1.12 bits per heavy atom. The molecule has 178 valence electrons. The second-order valence-corrected chi connectivity index (χ2v) is 11.1. The topological polar surface area (TPSA) is 105 Å². The van der Waals surface area contributed by atoms with Crippen LogP contribution in [0.1, 0.15) is 43.2 Å². The maximum Gasteiger partial charge on any atom is 0.252 e. The van der Waals surface area contributed by atoms with E-state index in [-0.39, 0.29) is 23.0 Å². The number of aryl methyl sites for hydroxylation is 1. The number of pyridine rings is 1. The Labute approximate surface area is 202 Å². The summed E-state index contributed by atoms with van der Waals surface area (Å²) in [4.78, 5) is 16.1. The lowest BCUT2D eigenvalue weighted by Crippen LogP contribution is -2.42. The molecule has 0 radical (unpaired) electrons. The van der Waals surface area contributed by atoms with Crippen LogP contribution in [-0.2, 0) is 16.6 Å². The first kappa shape index (κ1) is 22.9. The van der Waals surface area contributed by atoms with Gasteiger partial charge in [-0.3, -0.25) is 4.79 Å². The van der Waals surface area contributed by atoms with Crippen LogP contribution in [0.15, 0.2) is 46.1 Å². The minimum absolute atomic E-state index is 0.0110. The molecule has 10 heteroatoms. The van der Waals surface area contributed by atoms with Crippen molar-refractivity contribution in [3.05, 3.63) is 57.9 Å². The van der Waals surface area contributed by atoms with E-state index in [0.29, 0.717) is 33.4 Å². The van der Waals surface area contributed by atoms with Crippen LogP contribution < -0.4 is 10.3 Å². The fraction of sp³-hybridized carbons (Fsp3) is 0.375. The van der Waals surface area contributed by atoms with Gasteiger partial charge in [0.25, 0.3) is 5.56 Å². The summed E-state index contributed by atoms with van der Waals surface area (Å²) in [5.41, 5.74) is 2.36. The SMILES string of the molecule is COc1ccc2[nH]c(=O)c(CN(C3CCCCC3)S(=O)(=O)c3c(C)ccc4nsnc34)cc2c1. The summed E-state index contributed by atoms with van der Waals surface area (Å²) >= 11 is 1.00. The van der Waals surface area contributed by atoms with Gasteiger partial charge in [-0.25, -0.2) is 8.42 Å². The van der Waals surface area contributed by atoms with Gasteiger partial charge in [0, 0.05) is 29.1 Å². The van der Waals surface area contributed by atoms with Crippen molar-refractivity contribution in [3.8, 4) is 5.75 Å². The molecule has 1 fully saturated rings. The normalized spacial score (nSPS) is 15.4. The molecule has 8 nitrogen and oxygen atoms in total. The quantitative estimate of drug-likeness (QED) is 0.423. The highest BCUT2D eigenvalue weighted by atomic mass is 32.2. The third kappa shape index (κ3) is 4.10. The Morgan fingerprint density at radius 3 is 2.68 bits per heavy atom. The van der Waals surface area contributed by atoms with Gasteiger partial charge in [0.05, 0.1) is 18.8 Å². The molecule has 34 heavy (non-hydrogen) atoms. The Hall–Kier alpha value is -2.82. The number of hydrogen-bond donors (Lipinski definition) is 1. The highest BCUT2D eigenvalue weighted by molar-refractivity contribution is 7.89. The van der Waals surface area contributed by atoms with E-state index in [4.69, 9.17) is 4.74 Å². The average molecular weight is 499 g/mol. The molecule has 0 saturated heterocycles. The van der Waals surface area contributed by atoms with Crippen LogP contribution in [0, 0.1) is 6.92 Å². The zero-order chi connectivity index (χ0) is 23.9. The van der Waals surface area contributed by atoms with Crippen molar-refractivity contribution in [2.45, 2.75) is 56.5 Å². The lowest BCUT2D eigenvalue weighted by atomic mass is 9.95. The van der Waals surface area contributed by atoms with E-state index in [1.807, 2.05) is 6.07 Å². The lowest BCUT2D eigenvalue weighted by molar-refractivity contribution is 0.247. The molecule has 1 saturated carbocycles. The van der Waals surface area contributed by atoms with E-state index in [1.165, 1.54) is 4.31 Å². The molecule has 0 atom stereocenters.